The fourth-order valence-corrected chi connectivity index (χ4v) is 2.19. The molecule has 0 aliphatic carbocycles. The minimum absolute atomic E-state index is 0.313. The lowest BCUT2D eigenvalue weighted by Crippen LogP contribution is -2.51. The number of alkyl halides is 2. The molecule has 1 aliphatic heterocycles. The minimum Gasteiger partial charge on any atom is -0.380 e. The molecule has 0 bridgehead atoms. The van der Waals surface area contributed by atoms with Gasteiger partial charge in [0.25, 0.3) is 0 Å². The van der Waals surface area contributed by atoms with Crippen molar-refractivity contribution in [3.63, 3.8) is 0 Å². The van der Waals surface area contributed by atoms with Crippen molar-refractivity contribution in [3.05, 3.63) is 24.3 Å². The van der Waals surface area contributed by atoms with Crippen molar-refractivity contribution in [2.45, 2.75) is 16.7 Å². The Labute approximate surface area is 97.9 Å². The van der Waals surface area contributed by atoms with E-state index in [1.165, 1.54) is 24.3 Å². The second kappa shape index (κ2) is 4.58. The predicted octanol–water partition coefficient (Wildman–Crippen LogP) is 1.07. The zero-order chi connectivity index (χ0) is 12.5. The van der Waals surface area contributed by atoms with Crippen molar-refractivity contribution in [1.29, 1.82) is 0 Å². The molecule has 0 amide bonds. The lowest BCUT2D eigenvalue weighted by molar-refractivity contribution is 0.234. The van der Waals surface area contributed by atoms with Crippen molar-refractivity contribution in [2.24, 2.45) is 0 Å². The summed E-state index contributed by atoms with van der Waals surface area (Å²) in [4.78, 5) is -0.357. The molecule has 2 rings (SSSR count). The molecule has 94 valence electrons. The van der Waals surface area contributed by atoms with Gasteiger partial charge in [-0.15, -0.1) is 0 Å². The van der Waals surface area contributed by atoms with E-state index in [1.54, 1.807) is 0 Å². The number of hydrogen-bond donors (Lipinski definition) is 2. The number of hydrogen-bond acceptors (Lipinski definition) is 4. The first-order chi connectivity index (χ1) is 8.00. The van der Waals surface area contributed by atoms with Crippen LogP contribution in [0, 0.1) is 0 Å². The zero-order valence-electron chi connectivity index (χ0n) is 8.86. The van der Waals surface area contributed by atoms with E-state index in [0.717, 1.165) is 18.8 Å². The highest BCUT2D eigenvalue weighted by Crippen LogP contribution is 2.20. The van der Waals surface area contributed by atoms with Gasteiger partial charge < -0.3 is 10.6 Å². The Kier molecular flexibility index (Phi) is 3.30. The maximum atomic E-state index is 12.3. The average Bonchev–Trinajstić information content (AvgIpc) is 2.24. The summed E-state index contributed by atoms with van der Waals surface area (Å²) in [5.74, 6) is -3.38. The van der Waals surface area contributed by atoms with Crippen molar-refractivity contribution in [1.82, 2.24) is 5.32 Å². The van der Waals surface area contributed by atoms with Gasteiger partial charge in [0.2, 0.25) is 9.84 Å². The largest absolute Gasteiger partial charge is 0.380 e. The third-order valence-corrected chi connectivity index (χ3v) is 3.97. The summed E-state index contributed by atoms with van der Waals surface area (Å²) >= 11 is 0. The van der Waals surface area contributed by atoms with E-state index in [1.807, 2.05) is 0 Å². The number of halogens is 2. The molecule has 0 unspecified atom stereocenters. The van der Waals surface area contributed by atoms with Crippen molar-refractivity contribution < 1.29 is 17.2 Å². The Morgan fingerprint density at radius 3 is 2.24 bits per heavy atom. The van der Waals surface area contributed by atoms with Crippen molar-refractivity contribution in [2.75, 3.05) is 18.4 Å². The van der Waals surface area contributed by atoms with E-state index in [0.29, 0.717) is 6.04 Å². The van der Waals surface area contributed by atoms with Crippen LogP contribution in [0.2, 0.25) is 0 Å². The molecule has 0 spiro atoms. The first-order valence-electron chi connectivity index (χ1n) is 5.09. The van der Waals surface area contributed by atoms with Crippen LogP contribution in [0.15, 0.2) is 29.2 Å². The first-order valence-corrected chi connectivity index (χ1v) is 6.64. The summed E-state index contributed by atoms with van der Waals surface area (Å²) in [6.45, 7) is 1.69. The van der Waals surface area contributed by atoms with Gasteiger partial charge in [0.05, 0.1) is 10.9 Å². The average molecular weight is 262 g/mol. The van der Waals surface area contributed by atoms with Crippen LogP contribution in [-0.4, -0.2) is 33.3 Å². The van der Waals surface area contributed by atoms with Crippen LogP contribution in [0.4, 0.5) is 14.5 Å². The Hall–Kier alpha value is -1.21. The maximum Gasteiger partial charge on any atom is 0.341 e. The summed E-state index contributed by atoms with van der Waals surface area (Å²) in [5, 5.41) is 6.22. The van der Waals surface area contributed by atoms with Gasteiger partial charge in [0.15, 0.2) is 0 Å². The van der Waals surface area contributed by atoms with E-state index >= 15 is 0 Å². The Morgan fingerprint density at radius 2 is 1.82 bits per heavy atom. The molecule has 1 heterocycles. The Morgan fingerprint density at radius 1 is 1.24 bits per heavy atom. The van der Waals surface area contributed by atoms with Gasteiger partial charge in [0.1, 0.15) is 0 Å². The fraction of sp³-hybridized carbons (Fsp3) is 0.400. The van der Waals surface area contributed by atoms with Crippen LogP contribution >= 0.6 is 0 Å². The normalized spacial score (nSPS) is 16.9. The Balaban J connectivity index is 2.12. The predicted molar refractivity (Wildman–Crippen MR) is 59.9 cm³/mol. The fourth-order valence-electron chi connectivity index (χ4n) is 1.47. The quantitative estimate of drug-likeness (QED) is 0.852. The Bertz CT molecular complexity index is 484. The molecule has 7 heteroatoms. The maximum absolute atomic E-state index is 12.3. The van der Waals surface area contributed by atoms with Crippen LogP contribution in [0.5, 0.6) is 0 Å². The molecule has 0 radical (unpaired) electrons. The van der Waals surface area contributed by atoms with Gasteiger partial charge in [-0.25, -0.2) is 8.42 Å². The standard InChI is InChI=1S/C10H12F2N2O2S/c11-10(12)17(15,16)9-3-1-7(2-4-9)14-8-5-13-6-8/h1-4,8,10,13-14H,5-6H2. The molecule has 2 N–H and O–H groups in total. The summed E-state index contributed by atoms with van der Waals surface area (Å²) in [6, 6.07) is 5.68. The van der Waals surface area contributed by atoms with Gasteiger partial charge in [-0.1, -0.05) is 0 Å². The molecule has 0 atom stereocenters. The number of sulfone groups is 1. The highest BCUT2D eigenvalue weighted by Gasteiger charge is 2.26. The molecule has 1 aromatic rings. The molecule has 1 fully saturated rings. The highest BCUT2D eigenvalue weighted by molar-refractivity contribution is 7.91. The third kappa shape index (κ3) is 2.55. The van der Waals surface area contributed by atoms with Crippen molar-refractivity contribution >= 4 is 15.5 Å². The van der Waals surface area contributed by atoms with Crippen LogP contribution < -0.4 is 10.6 Å². The lowest BCUT2D eigenvalue weighted by Gasteiger charge is -2.29. The van der Waals surface area contributed by atoms with Crippen LogP contribution in [0.25, 0.3) is 0 Å². The first kappa shape index (κ1) is 12.3. The van der Waals surface area contributed by atoms with E-state index in [9.17, 15) is 17.2 Å². The molecule has 1 aromatic carbocycles. The highest BCUT2D eigenvalue weighted by atomic mass is 32.2. The van der Waals surface area contributed by atoms with Gasteiger partial charge >= 0.3 is 5.76 Å². The third-order valence-electron chi connectivity index (χ3n) is 2.57. The number of rotatable bonds is 4. The molecule has 0 aromatic heterocycles. The summed E-state index contributed by atoms with van der Waals surface area (Å²) < 4.78 is 46.8. The van der Waals surface area contributed by atoms with E-state index < -0.39 is 15.6 Å². The molecule has 17 heavy (non-hydrogen) atoms. The topological polar surface area (TPSA) is 58.2 Å². The van der Waals surface area contributed by atoms with E-state index in [-0.39, 0.29) is 4.90 Å². The molecular weight excluding hydrogens is 250 g/mol. The smallest absolute Gasteiger partial charge is 0.341 e. The minimum atomic E-state index is -4.49. The van der Waals surface area contributed by atoms with Gasteiger partial charge in [-0.3, -0.25) is 0 Å². The van der Waals surface area contributed by atoms with Crippen LogP contribution in [0.1, 0.15) is 0 Å². The summed E-state index contributed by atoms with van der Waals surface area (Å²) in [7, 11) is -4.49. The molecule has 1 saturated heterocycles. The summed E-state index contributed by atoms with van der Waals surface area (Å²) in [6.07, 6.45) is 0. The molecular formula is C10H12F2N2O2S. The van der Waals surface area contributed by atoms with Crippen molar-refractivity contribution in [3.8, 4) is 0 Å². The van der Waals surface area contributed by atoms with Gasteiger partial charge in [-0.05, 0) is 24.3 Å². The second-order valence-electron chi connectivity index (χ2n) is 3.83. The van der Waals surface area contributed by atoms with Gasteiger partial charge in [0, 0.05) is 18.8 Å². The number of benzene rings is 1. The SMILES string of the molecule is O=S(=O)(c1ccc(NC2CNC2)cc1)C(F)F. The molecule has 1 aliphatic rings. The lowest BCUT2D eigenvalue weighted by atomic mass is 10.1. The number of anilines is 1. The van der Waals surface area contributed by atoms with E-state index in [2.05, 4.69) is 10.6 Å². The number of nitrogens with one attached hydrogen (secondary N) is 2. The van der Waals surface area contributed by atoms with Gasteiger partial charge in [-0.2, -0.15) is 8.78 Å². The second-order valence-corrected chi connectivity index (χ2v) is 5.75. The van der Waals surface area contributed by atoms with Crippen LogP contribution in [-0.2, 0) is 9.84 Å². The van der Waals surface area contributed by atoms with E-state index in [4.69, 9.17) is 0 Å². The molecule has 4 nitrogen and oxygen atoms in total. The monoisotopic (exact) mass is 262 g/mol. The summed E-state index contributed by atoms with van der Waals surface area (Å²) in [5.41, 5.74) is 0.727. The van der Waals surface area contributed by atoms with Crippen LogP contribution in [0.3, 0.4) is 0 Å². The zero-order valence-corrected chi connectivity index (χ0v) is 9.68. The molecule has 0 saturated carbocycles.